The minimum Gasteiger partial charge on any atom is -0.392 e. The van der Waals surface area contributed by atoms with E-state index in [0.29, 0.717) is 12.6 Å². The zero-order chi connectivity index (χ0) is 11.8. The van der Waals surface area contributed by atoms with Gasteiger partial charge < -0.3 is 10.4 Å². The highest BCUT2D eigenvalue weighted by atomic mass is 16.3. The molecule has 0 fully saturated rings. The molecule has 0 radical (unpaired) electrons. The summed E-state index contributed by atoms with van der Waals surface area (Å²) in [5.74, 6) is 0. The van der Waals surface area contributed by atoms with Crippen LogP contribution in [0, 0.1) is 0 Å². The van der Waals surface area contributed by atoms with Crippen molar-refractivity contribution in [2.45, 2.75) is 45.3 Å². The van der Waals surface area contributed by atoms with Gasteiger partial charge in [-0.15, -0.1) is 0 Å². The lowest BCUT2D eigenvalue weighted by Gasteiger charge is -2.16. The monoisotopic (exact) mass is 221 g/mol. The lowest BCUT2D eigenvalue weighted by molar-refractivity contribution is 0.163. The highest BCUT2D eigenvalue weighted by Crippen LogP contribution is 2.04. The average Bonchev–Trinajstić information content (AvgIpc) is 2.34. The van der Waals surface area contributed by atoms with Crippen molar-refractivity contribution in [3.63, 3.8) is 0 Å². The van der Waals surface area contributed by atoms with E-state index >= 15 is 0 Å². The van der Waals surface area contributed by atoms with Crippen LogP contribution in [0.2, 0.25) is 0 Å². The lowest BCUT2D eigenvalue weighted by Crippen LogP contribution is -2.33. The molecular formula is C14H23NO. The Bertz CT molecular complexity index is 273. The molecule has 0 spiro atoms. The maximum absolute atomic E-state index is 9.43. The lowest BCUT2D eigenvalue weighted by atomic mass is 10.1. The van der Waals surface area contributed by atoms with Gasteiger partial charge >= 0.3 is 0 Å². The van der Waals surface area contributed by atoms with E-state index < -0.39 is 0 Å². The average molecular weight is 221 g/mol. The molecule has 2 nitrogen and oxygen atoms in total. The maximum atomic E-state index is 9.43. The number of benzene rings is 1. The Labute approximate surface area is 98.7 Å². The normalized spacial score (nSPS) is 14.7. The highest BCUT2D eigenvalue weighted by molar-refractivity contribution is 5.14. The largest absolute Gasteiger partial charge is 0.392 e. The van der Waals surface area contributed by atoms with Crippen molar-refractivity contribution in [3.8, 4) is 0 Å². The molecule has 0 saturated carbocycles. The van der Waals surface area contributed by atoms with Crippen molar-refractivity contribution in [2.24, 2.45) is 0 Å². The second-order valence-electron chi connectivity index (χ2n) is 4.40. The van der Waals surface area contributed by atoms with Crippen LogP contribution in [0.5, 0.6) is 0 Å². The van der Waals surface area contributed by atoms with Gasteiger partial charge in [0.1, 0.15) is 0 Å². The van der Waals surface area contributed by atoms with Crippen LogP contribution in [0.3, 0.4) is 0 Å². The number of aliphatic hydroxyl groups excluding tert-OH is 1. The zero-order valence-corrected chi connectivity index (χ0v) is 10.3. The molecule has 0 aliphatic rings. The van der Waals surface area contributed by atoms with Crippen LogP contribution in [-0.4, -0.2) is 23.8 Å². The molecule has 0 bridgehead atoms. The van der Waals surface area contributed by atoms with Gasteiger partial charge in [0.2, 0.25) is 0 Å². The number of hydrogen-bond donors (Lipinski definition) is 2. The fourth-order valence-electron chi connectivity index (χ4n) is 1.61. The number of rotatable bonds is 7. The first kappa shape index (κ1) is 13.2. The summed E-state index contributed by atoms with van der Waals surface area (Å²) in [6.07, 6.45) is 2.81. The van der Waals surface area contributed by atoms with Crippen molar-refractivity contribution >= 4 is 0 Å². The van der Waals surface area contributed by atoms with E-state index in [2.05, 4.69) is 36.5 Å². The summed E-state index contributed by atoms with van der Waals surface area (Å²) in [5.41, 5.74) is 1.38. The predicted molar refractivity (Wildman–Crippen MR) is 68.5 cm³/mol. The van der Waals surface area contributed by atoms with Crippen LogP contribution < -0.4 is 5.32 Å². The summed E-state index contributed by atoms with van der Waals surface area (Å²) in [6.45, 7) is 4.87. The van der Waals surface area contributed by atoms with Crippen molar-refractivity contribution in [1.29, 1.82) is 0 Å². The quantitative estimate of drug-likeness (QED) is 0.741. The third-order valence-corrected chi connectivity index (χ3v) is 2.88. The van der Waals surface area contributed by atoms with Crippen LogP contribution in [-0.2, 0) is 6.42 Å². The standard InChI is InChI=1S/C14H23NO/c1-3-14(16)11-15-12(2)9-10-13-7-5-4-6-8-13/h4-8,12,14-16H,3,9-11H2,1-2H3. The summed E-state index contributed by atoms with van der Waals surface area (Å²) in [5, 5.41) is 12.8. The van der Waals surface area contributed by atoms with Gasteiger partial charge in [0.15, 0.2) is 0 Å². The van der Waals surface area contributed by atoms with Gasteiger partial charge in [0.25, 0.3) is 0 Å². The van der Waals surface area contributed by atoms with Crippen molar-refractivity contribution in [3.05, 3.63) is 35.9 Å². The molecule has 2 heteroatoms. The Morgan fingerprint density at radius 3 is 2.56 bits per heavy atom. The van der Waals surface area contributed by atoms with E-state index in [4.69, 9.17) is 0 Å². The van der Waals surface area contributed by atoms with Crippen LogP contribution in [0.25, 0.3) is 0 Å². The fraction of sp³-hybridized carbons (Fsp3) is 0.571. The molecule has 2 atom stereocenters. The number of aryl methyl sites for hydroxylation is 1. The molecule has 1 aromatic rings. The van der Waals surface area contributed by atoms with Crippen molar-refractivity contribution in [2.75, 3.05) is 6.54 Å². The van der Waals surface area contributed by atoms with Crippen molar-refractivity contribution in [1.82, 2.24) is 5.32 Å². The molecule has 1 rings (SSSR count). The Kier molecular flexibility index (Phi) is 6.12. The second-order valence-corrected chi connectivity index (χ2v) is 4.40. The van der Waals surface area contributed by atoms with Gasteiger partial charge in [-0.1, -0.05) is 37.3 Å². The van der Waals surface area contributed by atoms with Gasteiger partial charge in [0.05, 0.1) is 6.10 Å². The van der Waals surface area contributed by atoms with E-state index in [1.807, 2.05) is 13.0 Å². The summed E-state index contributed by atoms with van der Waals surface area (Å²) >= 11 is 0. The molecule has 2 unspecified atom stereocenters. The van der Waals surface area contributed by atoms with Crippen LogP contribution in [0.4, 0.5) is 0 Å². The summed E-state index contributed by atoms with van der Waals surface area (Å²) in [7, 11) is 0. The Hall–Kier alpha value is -0.860. The van der Waals surface area contributed by atoms with Crippen LogP contribution in [0.1, 0.15) is 32.3 Å². The second kappa shape index (κ2) is 7.42. The van der Waals surface area contributed by atoms with Gasteiger partial charge in [-0.3, -0.25) is 0 Å². The molecule has 2 N–H and O–H groups in total. The Morgan fingerprint density at radius 2 is 1.94 bits per heavy atom. The summed E-state index contributed by atoms with van der Waals surface area (Å²) in [4.78, 5) is 0. The van der Waals surface area contributed by atoms with Gasteiger partial charge in [-0.05, 0) is 31.7 Å². The molecule has 90 valence electrons. The van der Waals surface area contributed by atoms with Gasteiger partial charge in [-0.25, -0.2) is 0 Å². The third kappa shape index (κ3) is 5.29. The predicted octanol–water partition coefficient (Wildman–Crippen LogP) is 2.37. The zero-order valence-electron chi connectivity index (χ0n) is 10.3. The van der Waals surface area contributed by atoms with E-state index in [9.17, 15) is 5.11 Å². The maximum Gasteiger partial charge on any atom is 0.0662 e. The minimum atomic E-state index is -0.209. The molecule has 0 saturated heterocycles. The Morgan fingerprint density at radius 1 is 1.25 bits per heavy atom. The molecule has 1 aromatic carbocycles. The highest BCUT2D eigenvalue weighted by Gasteiger charge is 2.05. The molecule has 0 aliphatic heterocycles. The number of nitrogens with one attached hydrogen (secondary N) is 1. The molecule has 0 heterocycles. The van der Waals surface area contributed by atoms with Crippen molar-refractivity contribution < 1.29 is 5.11 Å². The SMILES string of the molecule is CCC(O)CNC(C)CCc1ccccc1. The number of hydrogen-bond acceptors (Lipinski definition) is 2. The third-order valence-electron chi connectivity index (χ3n) is 2.88. The number of aliphatic hydroxyl groups is 1. The first-order chi connectivity index (χ1) is 7.72. The molecule has 0 amide bonds. The van der Waals surface area contributed by atoms with Crippen LogP contribution in [0.15, 0.2) is 30.3 Å². The van der Waals surface area contributed by atoms with E-state index in [1.54, 1.807) is 0 Å². The topological polar surface area (TPSA) is 32.3 Å². The summed E-state index contributed by atoms with van der Waals surface area (Å²) in [6, 6.07) is 11.0. The summed E-state index contributed by atoms with van der Waals surface area (Å²) < 4.78 is 0. The molecule has 0 aliphatic carbocycles. The molecule has 16 heavy (non-hydrogen) atoms. The molecule has 0 aromatic heterocycles. The van der Waals surface area contributed by atoms with Crippen LogP contribution >= 0.6 is 0 Å². The van der Waals surface area contributed by atoms with Gasteiger partial charge in [-0.2, -0.15) is 0 Å². The first-order valence-electron chi connectivity index (χ1n) is 6.17. The fourth-order valence-corrected chi connectivity index (χ4v) is 1.61. The first-order valence-corrected chi connectivity index (χ1v) is 6.17. The Balaban J connectivity index is 2.18. The van der Waals surface area contributed by atoms with Gasteiger partial charge in [0, 0.05) is 12.6 Å². The van der Waals surface area contributed by atoms with E-state index in [-0.39, 0.29) is 6.10 Å². The minimum absolute atomic E-state index is 0.209. The van der Waals surface area contributed by atoms with E-state index in [0.717, 1.165) is 19.3 Å². The molecular weight excluding hydrogens is 198 g/mol. The smallest absolute Gasteiger partial charge is 0.0662 e. The van der Waals surface area contributed by atoms with E-state index in [1.165, 1.54) is 5.56 Å².